The third kappa shape index (κ3) is 6.33. The van der Waals surface area contributed by atoms with Gasteiger partial charge >= 0.3 is 0 Å². The second-order valence-electron chi connectivity index (χ2n) is 8.65. The number of fused-ring (bicyclic) bond motifs is 1. The van der Waals surface area contributed by atoms with Gasteiger partial charge in [0.25, 0.3) is 10.2 Å². The van der Waals surface area contributed by atoms with E-state index in [1.54, 1.807) is 22.8 Å². The molecule has 0 amide bonds. The Morgan fingerprint density at radius 2 is 1.31 bits per heavy atom. The molecule has 6 nitrogen and oxygen atoms in total. The SMILES string of the molecule is COc1cc2c(cc1OC)CCN(S(=O)(=O)N(CCC(C)C)CCC(C)C)CC2. The minimum Gasteiger partial charge on any atom is -0.493 e. The van der Waals surface area contributed by atoms with E-state index in [-0.39, 0.29) is 0 Å². The highest BCUT2D eigenvalue weighted by atomic mass is 32.2. The molecule has 0 saturated heterocycles. The second kappa shape index (κ2) is 10.6. The van der Waals surface area contributed by atoms with E-state index < -0.39 is 10.2 Å². The minimum absolute atomic E-state index is 0.472. The minimum atomic E-state index is -3.48. The molecule has 1 aliphatic rings. The van der Waals surface area contributed by atoms with Gasteiger partial charge in [0.15, 0.2) is 11.5 Å². The number of hydrogen-bond donors (Lipinski definition) is 0. The Labute approximate surface area is 177 Å². The van der Waals surface area contributed by atoms with Crippen molar-refractivity contribution >= 4 is 10.2 Å². The maximum atomic E-state index is 13.5. The molecule has 0 N–H and O–H groups in total. The molecule has 0 atom stereocenters. The lowest BCUT2D eigenvalue weighted by molar-refractivity contribution is 0.314. The van der Waals surface area contributed by atoms with Gasteiger partial charge in [-0.05, 0) is 60.8 Å². The van der Waals surface area contributed by atoms with Crippen LogP contribution in [0.2, 0.25) is 0 Å². The lowest BCUT2D eigenvalue weighted by atomic mass is 10.0. The molecule has 0 unspecified atom stereocenters. The van der Waals surface area contributed by atoms with Crippen molar-refractivity contribution in [2.45, 2.75) is 53.4 Å². The molecule has 1 aliphatic heterocycles. The summed E-state index contributed by atoms with van der Waals surface area (Å²) in [5, 5.41) is 0. The summed E-state index contributed by atoms with van der Waals surface area (Å²) in [7, 11) is -0.236. The van der Waals surface area contributed by atoms with E-state index in [2.05, 4.69) is 27.7 Å². The van der Waals surface area contributed by atoms with Gasteiger partial charge in [-0.15, -0.1) is 0 Å². The average Bonchev–Trinajstić information content (AvgIpc) is 2.88. The van der Waals surface area contributed by atoms with Crippen LogP contribution in [0.15, 0.2) is 12.1 Å². The number of rotatable bonds is 10. The normalized spacial score (nSPS) is 15.6. The van der Waals surface area contributed by atoms with Crippen LogP contribution in [0.25, 0.3) is 0 Å². The topological polar surface area (TPSA) is 59.1 Å². The predicted octanol–water partition coefficient (Wildman–Crippen LogP) is 3.74. The van der Waals surface area contributed by atoms with E-state index in [0.29, 0.717) is 62.4 Å². The molecule has 166 valence electrons. The maximum Gasteiger partial charge on any atom is 0.281 e. The summed E-state index contributed by atoms with van der Waals surface area (Å²) in [5.74, 6) is 2.33. The molecule has 2 rings (SSSR count). The number of methoxy groups -OCH3 is 2. The summed E-state index contributed by atoms with van der Waals surface area (Å²) in [4.78, 5) is 0. The van der Waals surface area contributed by atoms with Gasteiger partial charge in [-0.3, -0.25) is 0 Å². The summed E-state index contributed by atoms with van der Waals surface area (Å²) in [6, 6.07) is 3.97. The van der Waals surface area contributed by atoms with Crippen LogP contribution in [0.3, 0.4) is 0 Å². The van der Waals surface area contributed by atoms with Gasteiger partial charge in [0, 0.05) is 26.2 Å². The van der Waals surface area contributed by atoms with Gasteiger partial charge in [-0.25, -0.2) is 0 Å². The lowest BCUT2D eigenvalue weighted by Gasteiger charge is -2.30. The molecule has 0 aliphatic carbocycles. The Morgan fingerprint density at radius 3 is 1.66 bits per heavy atom. The van der Waals surface area contributed by atoms with E-state index in [1.807, 2.05) is 12.1 Å². The third-order valence-corrected chi connectivity index (χ3v) is 7.57. The van der Waals surface area contributed by atoms with E-state index in [1.165, 1.54) is 0 Å². The van der Waals surface area contributed by atoms with Crippen molar-refractivity contribution in [1.82, 2.24) is 8.61 Å². The van der Waals surface area contributed by atoms with Crippen LogP contribution in [-0.2, 0) is 23.1 Å². The van der Waals surface area contributed by atoms with Crippen molar-refractivity contribution in [3.05, 3.63) is 23.3 Å². The van der Waals surface area contributed by atoms with E-state index in [4.69, 9.17) is 9.47 Å². The first-order chi connectivity index (χ1) is 13.7. The molecule has 0 spiro atoms. The molecule has 0 aromatic heterocycles. The summed E-state index contributed by atoms with van der Waals surface area (Å²) in [5.41, 5.74) is 2.27. The molecule has 1 heterocycles. The fraction of sp³-hybridized carbons (Fsp3) is 0.727. The molecule has 29 heavy (non-hydrogen) atoms. The van der Waals surface area contributed by atoms with Crippen molar-refractivity contribution in [3.63, 3.8) is 0 Å². The first kappa shape index (κ1) is 24.0. The maximum absolute atomic E-state index is 13.5. The monoisotopic (exact) mass is 426 g/mol. The Morgan fingerprint density at radius 1 is 0.897 bits per heavy atom. The van der Waals surface area contributed by atoms with Gasteiger partial charge in [-0.1, -0.05) is 27.7 Å². The highest BCUT2D eigenvalue weighted by Crippen LogP contribution is 2.32. The van der Waals surface area contributed by atoms with Crippen molar-refractivity contribution in [3.8, 4) is 11.5 Å². The highest BCUT2D eigenvalue weighted by Gasteiger charge is 2.31. The second-order valence-corrected chi connectivity index (χ2v) is 10.6. The van der Waals surface area contributed by atoms with Crippen molar-refractivity contribution in [2.24, 2.45) is 11.8 Å². The summed E-state index contributed by atoms with van der Waals surface area (Å²) >= 11 is 0. The molecular weight excluding hydrogens is 388 g/mol. The van der Waals surface area contributed by atoms with Gasteiger partial charge in [-0.2, -0.15) is 17.0 Å². The number of ether oxygens (including phenoxy) is 2. The average molecular weight is 427 g/mol. The van der Waals surface area contributed by atoms with Crippen LogP contribution in [0.4, 0.5) is 0 Å². The van der Waals surface area contributed by atoms with E-state index in [0.717, 1.165) is 24.0 Å². The fourth-order valence-electron chi connectivity index (χ4n) is 3.57. The Balaban J connectivity index is 2.20. The molecule has 0 saturated carbocycles. The first-order valence-electron chi connectivity index (χ1n) is 10.7. The van der Waals surface area contributed by atoms with Crippen LogP contribution < -0.4 is 9.47 Å². The number of hydrogen-bond acceptors (Lipinski definition) is 4. The van der Waals surface area contributed by atoms with Crippen molar-refractivity contribution < 1.29 is 17.9 Å². The van der Waals surface area contributed by atoms with Crippen LogP contribution in [0.5, 0.6) is 11.5 Å². The number of benzene rings is 1. The summed E-state index contributed by atoms with van der Waals surface area (Å²) in [6.45, 7) is 10.7. The van der Waals surface area contributed by atoms with Crippen molar-refractivity contribution in [2.75, 3.05) is 40.4 Å². The molecule has 1 aromatic carbocycles. The fourth-order valence-corrected chi connectivity index (χ4v) is 5.21. The zero-order chi connectivity index (χ0) is 21.6. The van der Waals surface area contributed by atoms with Crippen LogP contribution in [0.1, 0.15) is 51.7 Å². The van der Waals surface area contributed by atoms with Crippen LogP contribution in [-0.4, -0.2) is 57.4 Å². The van der Waals surface area contributed by atoms with Crippen molar-refractivity contribution in [1.29, 1.82) is 0 Å². The molecule has 1 aromatic rings. The Bertz CT molecular complexity index is 715. The Kier molecular flexibility index (Phi) is 8.79. The molecular formula is C22H38N2O4S. The quantitative estimate of drug-likeness (QED) is 0.572. The van der Waals surface area contributed by atoms with Crippen LogP contribution >= 0.6 is 0 Å². The van der Waals surface area contributed by atoms with E-state index >= 15 is 0 Å². The smallest absolute Gasteiger partial charge is 0.281 e. The third-order valence-electron chi connectivity index (χ3n) is 5.53. The van der Waals surface area contributed by atoms with Gasteiger partial charge in [0.1, 0.15) is 0 Å². The zero-order valence-corrected chi connectivity index (χ0v) is 19.7. The lowest BCUT2D eigenvalue weighted by Crippen LogP contribution is -2.46. The molecule has 0 radical (unpaired) electrons. The molecule has 0 bridgehead atoms. The van der Waals surface area contributed by atoms with Gasteiger partial charge in [0.2, 0.25) is 0 Å². The van der Waals surface area contributed by atoms with Crippen LogP contribution in [0, 0.1) is 11.8 Å². The predicted molar refractivity (Wildman–Crippen MR) is 118 cm³/mol. The van der Waals surface area contributed by atoms with Gasteiger partial charge in [0.05, 0.1) is 14.2 Å². The number of nitrogens with zero attached hydrogens (tertiary/aromatic N) is 2. The summed E-state index contributed by atoms with van der Waals surface area (Å²) in [6.07, 6.45) is 3.10. The van der Waals surface area contributed by atoms with E-state index in [9.17, 15) is 8.42 Å². The van der Waals surface area contributed by atoms with Gasteiger partial charge < -0.3 is 9.47 Å². The Hall–Kier alpha value is -1.31. The first-order valence-corrected chi connectivity index (χ1v) is 12.1. The highest BCUT2D eigenvalue weighted by molar-refractivity contribution is 7.86. The largest absolute Gasteiger partial charge is 0.493 e. The molecule has 7 heteroatoms. The standard InChI is InChI=1S/C22H38N2O4S/c1-17(2)7-11-23(12-8-18(3)4)29(25,26)24-13-9-19-15-21(27-5)22(28-6)16-20(19)10-14-24/h15-18H,7-14H2,1-6H3. The summed E-state index contributed by atoms with van der Waals surface area (Å²) < 4.78 is 41.1. The zero-order valence-electron chi connectivity index (χ0n) is 18.9. The molecule has 0 fully saturated rings.